The lowest BCUT2D eigenvalue weighted by atomic mass is 9.70. The fourth-order valence-corrected chi connectivity index (χ4v) is 3.73. The molecule has 0 aromatic carbocycles. The normalized spacial score (nSPS) is 36.0. The van der Waals surface area contributed by atoms with Gasteiger partial charge in [0, 0.05) is 13.1 Å². The van der Waals surface area contributed by atoms with Crippen LogP contribution >= 0.6 is 0 Å². The third-order valence-electron chi connectivity index (χ3n) is 4.89. The molecular weight excluding hydrogens is 208 g/mol. The molecule has 0 bridgehead atoms. The molecule has 1 saturated heterocycles. The molecule has 1 heterocycles. The molecule has 100 valence electrons. The van der Waals surface area contributed by atoms with E-state index in [9.17, 15) is 0 Å². The monoisotopic (exact) mass is 238 g/mol. The van der Waals surface area contributed by atoms with Gasteiger partial charge >= 0.3 is 0 Å². The van der Waals surface area contributed by atoms with Crippen molar-refractivity contribution in [2.75, 3.05) is 33.2 Å². The molecule has 0 spiro atoms. The van der Waals surface area contributed by atoms with E-state index in [-0.39, 0.29) is 0 Å². The van der Waals surface area contributed by atoms with Crippen molar-refractivity contribution in [2.24, 2.45) is 11.3 Å². The highest BCUT2D eigenvalue weighted by atomic mass is 15.1. The van der Waals surface area contributed by atoms with Crippen molar-refractivity contribution in [3.05, 3.63) is 0 Å². The first-order valence-electron chi connectivity index (χ1n) is 7.61. The zero-order valence-electron chi connectivity index (χ0n) is 11.8. The Bertz CT molecular complexity index is 213. The topological polar surface area (TPSA) is 15.3 Å². The zero-order chi connectivity index (χ0) is 12.1. The van der Waals surface area contributed by atoms with Crippen LogP contribution in [0.3, 0.4) is 0 Å². The fraction of sp³-hybridized carbons (Fsp3) is 1.00. The Morgan fingerprint density at radius 1 is 1.12 bits per heavy atom. The summed E-state index contributed by atoms with van der Waals surface area (Å²) in [6, 6.07) is 0. The van der Waals surface area contributed by atoms with E-state index < -0.39 is 0 Å². The van der Waals surface area contributed by atoms with Crippen LogP contribution in [0.1, 0.15) is 51.9 Å². The van der Waals surface area contributed by atoms with Crippen LogP contribution in [0, 0.1) is 11.3 Å². The van der Waals surface area contributed by atoms with Crippen LogP contribution in [-0.2, 0) is 0 Å². The molecule has 2 nitrogen and oxygen atoms in total. The summed E-state index contributed by atoms with van der Waals surface area (Å²) >= 11 is 0. The minimum absolute atomic E-state index is 0.582. The summed E-state index contributed by atoms with van der Waals surface area (Å²) in [5.74, 6) is 0.960. The van der Waals surface area contributed by atoms with E-state index in [1.54, 1.807) is 0 Å². The molecule has 2 heteroatoms. The molecule has 0 aromatic heterocycles. The van der Waals surface area contributed by atoms with Gasteiger partial charge in [-0.05, 0) is 57.2 Å². The van der Waals surface area contributed by atoms with E-state index >= 15 is 0 Å². The molecule has 0 radical (unpaired) electrons. The van der Waals surface area contributed by atoms with Crippen LogP contribution < -0.4 is 5.32 Å². The third-order valence-corrected chi connectivity index (χ3v) is 4.89. The Labute approximate surface area is 107 Å². The van der Waals surface area contributed by atoms with E-state index in [2.05, 4.69) is 24.2 Å². The van der Waals surface area contributed by atoms with Gasteiger partial charge in [0.2, 0.25) is 0 Å². The largest absolute Gasteiger partial charge is 0.319 e. The summed E-state index contributed by atoms with van der Waals surface area (Å²) in [7, 11) is 2.12. The molecule has 1 N–H and O–H groups in total. The number of hydrogen-bond acceptors (Lipinski definition) is 2. The summed E-state index contributed by atoms with van der Waals surface area (Å²) in [4.78, 5) is 2.73. The van der Waals surface area contributed by atoms with E-state index in [0.29, 0.717) is 5.41 Å². The predicted molar refractivity (Wildman–Crippen MR) is 74.3 cm³/mol. The average molecular weight is 238 g/mol. The number of rotatable bonds is 4. The second kappa shape index (κ2) is 6.19. The van der Waals surface area contributed by atoms with Gasteiger partial charge in [-0.3, -0.25) is 0 Å². The van der Waals surface area contributed by atoms with Gasteiger partial charge in [0.15, 0.2) is 0 Å². The van der Waals surface area contributed by atoms with Crippen molar-refractivity contribution in [2.45, 2.75) is 51.9 Å². The van der Waals surface area contributed by atoms with Crippen molar-refractivity contribution < 1.29 is 0 Å². The van der Waals surface area contributed by atoms with Gasteiger partial charge in [-0.15, -0.1) is 0 Å². The van der Waals surface area contributed by atoms with Crippen molar-refractivity contribution >= 4 is 0 Å². The lowest BCUT2D eigenvalue weighted by molar-refractivity contribution is 0.0779. The molecule has 2 rings (SSSR count). The lowest BCUT2D eigenvalue weighted by Crippen LogP contribution is -2.46. The Hall–Kier alpha value is -0.0800. The number of piperidine rings is 1. The smallest absolute Gasteiger partial charge is 0.00501 e. The number of nitrogens with one attached hydrogen (secondary N) is 1. The first-order chi connectivity index (χ1) is 8.24. The van der Waals surface area contributed by atoms with E-state index in [4.69, 9.17) is 0 Å². The molecule has 1 aliphatic carbocycles. The van der Waals surface area contributed by atoms with Crippen molar-refractivity contribution in [1.29, 1.82) is 0 Å². The van der Waals surface area contributed by atoms with Gasteiger partial charge in [0.1, 0.15) is 0 Å². The Morgan fingerprint density at radius 3 is 2.35 bits per heavy atom. The molecule has 0 aromatic rings. The predicted octanol–water partition coefficient (Wildman–Crippen LogP) is 2.89. The average Bonchev–Trinajstić information content (AvgIpc) is 2.35. The minimum atomic E-state index is 0.582. The van der Waals surface area contributed by atoms with Crippen LogP contribution in [-0.4, -0.2) is 38.1 Å². The third kappa shape index (κ3) is 3.69. The van der Waals surface area contributed by atoms with Gasteiger partial charge in [0.05, 0.1) is 0 Å². The lowest BCUT2D eigenvalue weighted by Gasteiger charge is -2.43. The summed E-state index contributed by atoms with van der Waals surface area (Å²) in [6.45, 7) is 7.68. The summed E-state index contributed by atoms with van der Waals surface area (Å²) in [5.41, 5.74) is 0.582. The number of nitrogens with zero attached hydrogens (tertiary/aromatic N) is 1. The Morgan fingerprint density at radius 2 is 1.76 bits per heavy atom. The van der Waals surface area contributed by atoms with Crippen molar-refractivity contribution in [3.8, 4) is 0 Å². The van der Waals surface area contributed by atoms with Crippen molar-refractivity contribution in [3.63, 3.8) is 0 Å². The quantitative estimate of drug-likeness (QED) is 0.810. The van der Waals surface area contributed by atoms with Crippen LogP contribution in [0.4, 0.5) is 0 Å². The van der Waals surface area contributed by atoms with Gasteiger partial charge < -0.3 is 10.2 Å². The molecule has 0 unspecified atom stereocenters. The molecule has 0 atom stereocenters. The first kappa shape index (κ1) is 13.4. The maximum Gasteiger partial charge on any atom is 0.00501 e. The van der Waals surface area contributed by atoms with Crippen LogP contribution in [0.15, 0.2) is 0 Å². The summed E-state index contributed by atoms with van der Waals surface area (Å²) in [5, 5.41) is 3.46. The van der Waals surface area contributed by atoms with Gasteiger partial charge in [-0.25, -0.2) is 0 Å². The number of likely N-dealkylation sites (tertiary alicyclic amines) is 1. The highest BCUT2D eigenvalue weighted by Gasteiger charge is 2.35. The Balaban J connectivity index is 1.90. The fourth-order valence-electron chi connectivity index (χ4n) is 3.73. The second-order valence-corrected chi connectivity index (χ2v) is 6.55. The molecule has 2 aliphatic rings. The van der Waals surface area contributed by atoms with Crippen molar-refractivity contribution in [1.82, 2.24) is 10.2 Å². The standard InChI is InChI=1S/C15H30N2/c1-14-6-8-15(9-7-14,12-16-2)13-17-10-4-3-5-11-17/h14,16H,3-13H2,1-2H3. The van der Waals surface area contributed by atoms with Crippen LogP contribution in [0.25, 0.3) is 0 Å². The highest BCUT2D eigenvalue weighted by Crippen LogP contribution is 2.39. The van der Waals surface area contributed by atoms with Crippen LogP contribution in [0.5, 0.6) is 0 Å². The molecule has 0 amide bonds. The Kier molecular flexibility index (Phi) is 4.87. The molecule has 1 saturated carbocycles. The van der Waals surface area contributed by atoms with Gasteiger partial charge in [0.25, 0.3) is 0 Å². The summed E-state index contributed by atoms with van der Waals surface area (Å²) < 4.78 is 0. The minimum Gasteiger partial charge on any atom is -0.319 e. The maximum atomic E-state index is 3.46. The van der Waals surface area contributed by atoms with Crippen LogP contribution in [0.2, 0.25) is 0 Å². The molecular formula is C15H30N2. The van der Waals surface area contributed by atoms with Gasteiger partial charge in [-0.1, -0.05) is 26.2 Å². The van der Waals surface area contributed by atoms with Gasteiger partial charge in [-0.2, -0.15) is 0 Å². The second-order valence-electron chi connectivity index (χ2n) is 6.55. The SMILES string of the molecule is CNCC1(CN2CCCCC2)CCC(C)CC1. The highest BCUT2D eigenvalue weighted by molar-refractivity contribution is 4.89. The van der Waals surface area contributed by atoms with E-state index in [0.717, 1.165) is 5.92 Å². The zero-order valence-corrected chi connectivity index (χ0v) is 11.8. The molecule has 17 heavy (non-hydrogen) atoms. The molecule has 2 fully saturated rings. The van der Waals surface area contributed by atoms with E-state index in [1.807, 2.05) is 0 Å². The maximum absolute atomic E-state index is 3.46. The summed E-state index contributed by atoms with van der Waals surface area (Å²) in [6.07, 6.45) is 10.0. The first-order valence-corrected chi connectivity index (χ1v) is 7.61. The van der Waals surface area contributed by atoms with E-state index in [1.165, 1.54) is 71.1 Å². The molecule has 1 aliphatic heterocycles. The number of hydrogen-bond donors (Lipinski definition) is 1.